The Bertz CT molecular complexity index is 209. The maximum Gasteiger partial charge on any atom is 0.0697 e. The van der Waals surface area contributed by atoms with Crippen molar-refractivity contribution in [3.05, 3.63) is 0 Å². The standard InChI is InChI=1S/C13H24N2/c1-13(2,10-14)11-15-9-8-12-6-4-3-5-7-12/h12,15H,3-9,11H2,1-2H3. The van der Waals surface area contributed by atoms with Gasteiger partial charge in [0.05, 0.1) is 11.5 Å². The fraction of sp³-hybridized carbons (Fsp3) is 0.923. The highest BCUT2D eigenvalue weighted by atomic mass is 14.9. The first-order valence-electron chi connectivity index (χ1n) is 6.26. The van der Waals surface area contributed by atoms with Gasteiger partial charge in [-0.3, -0.25) is 0 Å². The number of nitriles is 1. The molecule has 0 aromatic heterocycles. The largest absolute Gasteiger partial charge is 0.315 e. The summed E-state index contributed by atoms with van der Waals surface area (Å²) < 4.78 is 0. The Morgan fingerprint density at radius 1 is 1.27 bits per heavy atom. The van der Waals surface area contributed by atoms with Crippen LogP contribution in [0.2, 0.25) is 0 Å². The van der Waals surface area contributed by atoms with E-state index in [9.17, 15) is 0 Å². The molecule has 0 saturated heterocycles. The predicted octanol–water partition coefficient (Wildman–Crippen LogP) is 3.10. The van der Waals surface area contributed by atoms with E-state index >= 15 is 0 Å². The predicted molar refractivity (Wildman–Crippen MR) is 63.5 cm³/mol. The summed E-state index contributed by atoms with van der Waals surface area (Å²) in [6.07, 6.45) is 8.42. The summed E-state index contributed by atoms with van der Waals surface area (Å²) in [5, 5.41) is 12.3. The Kier molecular flexibility index (Phi) is 5.11. The average molecular weight is 208 g/mol. The molecule has 1 saturated carbocycles. The van der Waals surface area contributed by atoms with Crippen molar-refractivity contribution in [2.45, 2.75) is 52.4 Å². The van der Waals surface area contributed by atoms with Crippen molar-refractivity contribution in [1.82, 2.24) is 5.32 Å². The van der Waals surface area contributed by atoms with Crippen LogP contribution in [0.4, 0.5) is 0 Å². The molecule has 0 aromatic rings. The Labute approximate surface area is 94.1 Å². The van der Waals surface area contributed by atoms with Gasteiger partial charge < -0.3 is 5.32 Å². The molecule has 0 atom stereocenters. The molecule has 0 aromatic carbocycles. The van der Waals surface area contributed by atoms with Crippen LogP contribution in [0.25, 0.3) is 0 Å². The molecule has 86 valence electrons. The van der Waals surface area contributed by atoms with Gasteiger partial charge in [-0.05, 0) is 32.7 Å². The summed E-state index contributed by atoms with van der Waals surface area (Å²) in [4.78, 5) is 0. The second-order valence-corrected chi connectivity index (χ2v) is 5.47. The minimum Gasteiger partial charge on any atom is -0.315 e. The number of nitrogens with zero attached hydrogens (tertiary/aromatic N) is 1. The molecule has 0 radical (unpaired) electrons. The van der Waals surface area contributed by atoms with Crippen LogP contribution in [0.5, 0.6) is 0 Å². The molecule has 1 aliphatic carbocycles. The molecule has 1 aliphatic rings. The van der Waals surface area contributed by atoms with E-state index in [4.69, 9.17) is 5.26 Å². The van der Waals surface area contributed by atoms with E-state index in [1.54, 1.807) is 0 Å². The molecule has 0 spiro atoms. The fourth-order valence-corrected chi connectivity index (χ4v) is 2.22. The zero-order valence-electron chi connectivity index (χ0n) is 10.2. The van der Waals surface area contributed by atoms with Gasteiger partial charge in [-0.2, -0.15) is 5.26 Å². The van der Waals surface area contributed by atoms with Gasteiger partial charge in [0.1, 0.15) is 0 Å². The van der Waals surface area contributed by atoms with Crippen LogP contribution < -0.4 is 5.32 Å². The number of hydrogen-bond donors (Lipinski definition) is 1. The van der Waals surface area contributed by atoms with E-state index in [0.717, 1.165) is 19.0 Å². The molecule has 1 fully saturated rings. The topological polar surface area (TPSA) is 35.8 Å². The maximum absolute atomic E-state index is 8.85. The molecule has 2 nitrogen and oxygen atoms in total. The maximum atomic E-state index is 8.85. The van der Waals surface area contributed by atoms with Gasteiger partial charge in [0.25, 0.3) is 0 Å². The molecule has 2 heteroatoms. The van der Waals surface area contributed by atoms with E-state index in [0.29, 0.717) is 0 Å². The van der Waals surface area contributed by atoms with Crippen molar-refractivity contribution in [2.75, 3.05) is 13.1 Å². The summed E-state index contributed by atoms with van der Waals surface area (Å²) in [6, 6.07) is 2.32. The van der Waals surface area contributed by atoms with Crippen molar-refractivity contribution in [3.8, 4) is 6.07 Å². The molecule has 0 heterocycles. The van der Waals surface area contributed by atoms with Crippen LogP contribution in [0.3, 0.4) is 0 Å². The zero-order valence-corrected chi connectivity index (χ0v) is 10.2. The first-order chi connectivity index (χ1) is 7.14. The van der Waals surface area contributed by atoms with Gasteiger partial charge in [-0.25, -0.2) is 0 Å². The second-order valence-electron chi connectivity index (χ2n) is 5.47. The molecule has 1 N–H and O–H groups in total. The summed E-state index contributed by atoms with van der Waals surface area (Å²) >= 11 is 0. The Morgan fingerprint density at radius 3 is 2.53 bits per heavy atom. The highest BCUT2D eigenvalue weighted by molar-refractivity contribution is 4.93. The molecular weight excluding hydrogens is 184 g/mol. The smallest absolute Gasteiger partial charge is 0.0697 e. The van der Waals surface area contributed by atoms with E-state index in [2.05, 4.69) is 11.4 Å². The normalized spacial score (nSPS) is 18.7. The highest BCUT2D eigenvalue weighted by Gasteiger charge is 2.16. The highest BCUT2D eigenvalue weighted by Crippen LogP contribution is 2.25. The van der Waals surface area contributed by atoms with Crippen LogP contribution in [0.15, 0.2) is 0 Å². The SMILES string of the molecule is CC(C)(C#N)CNCCC1CCCCC1. The van der Waals surface area contributed by atoms with Crippen molar-refractivity contribution >= 4 is 0 Å². The van der Waals surface area contributed by atoms with Crippen molar-refractivity contribution < 1.29 is 0 Å². The minimum absolute atomic E-state index is 0.216. The van der Waals surface area contributed by atoms with Gasteiger partial charge in [-0.15, -0.1) is 0 Å². The van der Waals surface area contributed by atoms with Gasteiger partial charge in [0.2, 0.25) is 0 Å². The van der Waals surface area contributed by atoms with Gasteiger partial charge in [0, 0.05) is 6.54 Å². The van der Waals surface area contributed by atoms with Crippen molar-refractivity contribution in [2.24, 2.45) is 11.3 Å². The minimum atomic E-state index is -0.216. The third-order valence-electron chi connectivity index (χ3n) is 3.32. The first-order valence-corrected chi connectivity index (χ1v) is 6.26. The van der Waals surface area contributed by atoms with E-state index in [1.807, 2.05) is 13.8 Å². The molecule has 0 aliphatic heterocycles. The molecule has 1 rings (SSSR count). The number of rotatable bonds is 5. The van der Waals surface area contributed by atoms with Gasteiger partial charge >= 0.3 is 0 Å². The zero-order chi connectivity index (χ0) is 11.1. The van der Waals surface area contributed by atoms with Crippen LogP contribution in [-0.2, 0) is 0 Å². The van der Waals surface area contributed by atoms with Crippen molar-refractivity contribution in [3.63, 3.8) is 0 Å². The van der Waals surface area contributed by atoms with E-state index < -0.39 is 0 Å². The Balaban J connectivity index is 2.04. The van der Waals surface area contributed by atoms with Crippen molar-refractivity contribution in [1.29, 1.82) is 5.26 Å². The van der Waals surface area contributed by atoms with Crippen LogP contribution >= 0.6 is 0 Å². The summed E-state index contributed by atoms with van der Waals surface area (Å²) in [6.45, 7) is 5.87. The van der Waals surface area contributed by atoms with Gasteiger partial charge in [-0.1, -0.05) is 32.1 Å². The lowest BCUT2D eigenvalue weighted by atomic mass is 9.87. The second kappa shape index (κ2) is 6.12. The monoisotopic (exact) mass is 208 g/mol. The summed E-state index contributed by atoms with van der Waals surface area (Å²) in [7, 11) is 0. The average Bonchev–Trinajstić information content (AvgIpc) is 2.26. The van der Waals surface area contributed by atoms with E-state index in [-0.39, 0.29) is 5.41 Å². The molecule has 15 heavy (non-hydrogen) atoms. The van der Waals surface area contributed by atoms with Crippen LogP contribution in [0.1, 0.15) is 52.4 Å². The third-order valence-corrected chi connectivity index (χ3v) is 3.32. The molecule has 0 bridgehead atoms. The lowest BCUT2D eigenvalue weighted by Gasteiger charge is -2.22. The van der Waals surface area contributed by atoms with Crippen LogP contribution in [-0.4, -0.2) is 13.1 Å². The third kappa shape index (κ3) is 5.18. The summed E-state index contributed by atoms with van der Waals surface area (Å²) in [5.41, 5.74) is -0.216. The van der Waals surface area contributed by atoms with Gasteiger partial charge in [0.15, 0.2) is 0 Å². The fourth-order valence-electron chi connectivity index (χ4n) is 2.22. The molecular formula is C13H24N2. The molecule has 0 unspecified atom stereocenters. The lowest BCUT2D eigenvalue weighted by molar-refractivity contribution is 0.327. The number of nitrogens with one attached hydrogen (secondary N) is 1. The lowest BCUT2D eigenvalue weighted by Crippen LogP contribution is -2.29. The Morgan fingerprint density at radius 2 is 1.93 bits per heavy atom. The molecule has 0 amide bonds. The quantitative estimate of drug-likeness (QED) is 0.705. The van der Waals surface area contributed by atoms with E-state index in [1.165, 1.54) is 38.5 Å². The van der Waals surface area contributed by atoms with Crippen LogP contribution in [0, 0.1) is 22.7 Å². The Hall–Kier alpha value is -0.550. The number of hydrogen-bond acceptors (Lipinski definition) is 2. The summed E-state index contributed by atoms with van der Waals surface area (Å²) in [5.74, 6) is 0.941. The first kappa shape index (κ1) is 12.5.